The Hall–Kier alpha value is -1.90. The molecule has 0 aromatic rings. The fourth-order valence-corrected chi connectivity index (χ4v) is 3.70. The van der Waals surface area contributed by atoms with E-state index in [0.717, 1.165) is 32.0 Å². The van der Waals surface area contributed by atoms with E-state index in [9.17, 15) is 9.59 Å². The number of hydrogen-bond acceptors (Lipinski definition) is 3. The van der Waals surface area contributed by atoms with Gasteiger partial charge in [-0.25, -0.2) is 0 Å². The second kappa shape index (κ2) is 36.3. The molecule has 0 aliphatic heterocycles. The van der Waals surface area contributed by atoms with Crippen LogP contribution >= 0.6 is 0 Å². The largest absolute Gasteiger partial charge is 0.466 e. The molecule has 0 spiro atoms. The van der Waals surface area contributed by atoms with Crippen LogP contribution in [0.15, 0.2) is 48.6 Å². The molecule has 0 aromatic heterocycles. The van der Waals surface area contributed by atoms with Gasteiger partial charge in [-0.1, -0.05) is 127 Å². The van der Waals surface area contributed by atoms with E-state index in [1.165, 1.54) is 110 Å². The molecule has 0 heterocycles. The molecule has 0 unspecified atom stereocenters. The Morgan fingerprint density at radius 2 is 0.973 bits per heavy atom. The van der Waals surface area contributed by atoms with E-state index < -0.39 is 0 Å². The average Bonchev–Trinajstić information content (AvgIpc) is 2.89. The number of ether oxygens (including phenoxy) is 1. The van der Waals surface area contributed by atoms with Gasteiger partial charge in [0.05, 0.1) is 6.61 Å². The smallest absolute Gasteiger partial charge is 0.302 e. The molecule has 0 radical (unpaired) electrons. The highest BCUT2D eigenvalue weighted by atomic mass is 16.5. The van der Waals surface area contributed by atoms with Crippen LogP contribution < -0.4 is 0 Å². The van der Waals surface area contributed by atoms with Gasteiger partial charge in [0.1, 0.15) is 6.29 Å². The highest BCUT2D eigenvalue weighted by Gasteiger charge is 1.90. The lowest BCUT2D eigenvalue weighted by Crippen LogP contribution is -1.98. The molecule has 0 aliphatic rings. The fraction of sp³-hybridized carbons (Fsp3) is 0.706. The minimum atomic E-state index is -0.206. The monoisotopic (exact) mass is 516 g/mol. The Morgan fingerprint density at radius 3 is 1.51 bits per heavy atom. The van der Waals surface area contributed by atoms with Crippen molar-refractivity contribution < 1.29 is 14.3 Å². The van der Waals surface area contributed by atoms with Crippen LogP contribution in [-0.4, -0.2) is 18.9 Å². The normalized spacial score (nSPS) is 11.5. The molecule has 37 heavy (non-hydrogen) atoms. The van der Waals surface area contributed by atoms with Crippen molar-refractivity contribution in [1.82, 2.24) is 0 Å². The van der Waals surface area contributed by atoms with E-state index in [4.69, 9.17) is 4.74 Å². The molecule has 0 N–H and O–H groups in total. The third-order valence-corrected chi connectivity index (χ3v) is 5.97. The lowest BCUT2D eigenvalue weighted by molar-refractivity contribution is -0.140. The molecular weight excluding hydrogens is 456 g/mol. The first-order chi connectivity index (χ1) is 18.2. The summed E-state index contributed by atoms with van der Waals surface area (Å²) in [6, 6.07) is 0. The Kier molecular flexibility index (Phi) is 36.5. The summed E-state index contributed by atoms with van der Waals surface area (Å²) in [5.74, 6) is -0.206. The number of carbonyl (C=O) groups excluding carboxylic acids is 2. The Labute approximate surface area is 230 Å². The van der Waals surface area contributed by atoms with Gasteiger partial charge in [0.25, 0.3) is 0 Å². The van der Waals surface area contributed by atoms with Gasteiger partial charge in [-0.3, -0.25) is 4.79 Å². The van der Waals surface area contributed by atoms with Crippen LogP contribution in [0.5, 0.6) is 0 Å². The number of unbranched alkanes of at least 4 members (excludes halogenated alkanes) is 15. The predicted molar refractivity (Wildman–Crippen MR) is 163 cm³/mol. The second-order valence-electron chi connectivity index (χ2n) is 9.73. The summed E-state index contributed by atoms with van der Waals surface area (Å²) in [5.41, 5.74) is 0. The van der Waals surface area contributed by atoms with Gasteiger partial charge in [-0.05, 0) is 57.8 Å². The second-order valence-corrected chi connectivity index (χ2v) is 9.73. The van der Waals surface area contributed by atoms with E-state index in [2.05, 4.69) is 50.3 Å². The van der Waals surface area contributed by atoms with E-state index >= 15 is 0 Å². The third kappa shape index (κ3) is 41.5. The molecule has 0 rings (SSSR count). The van der Waals surface area contributed by atoms with E-state index in [0.29, 0.717) is 6.61 Å². The molecule has 0 amide bonds. The van der Waals surface area contributed by atoms with Crippen molar-refractivity contribution in [2.45, 2.75) is 149 Å². The van der Waals surface area contributed by atoms with Crippen LogP contribution in [0.4, 0.5) is 0 Å². The molecule has 0 fully saturated rings. The first-order valence-electron chi connectivity index (χ1n) is 15.4. The quantitative estimate of drug-likeness (QED) is 0.0398. The summed E-state index contributed by atoms with van der Waals surface area (Å²) in [4.78, 5) is 20.6. The van der Waals surface area contributed by atoms with Gasteiger partial charge >= 0.3 is 5.97 Å². The predicted octanol–water partition coefficient (Wildman–Crippen LogP) is 10.8. The van der Waals surface area contributed by atoms with Gasteiger partial charge < -0.3 is 9.53 Å². The molecule has 0 aliphatic carbocycles. The summed E-state index contributed by atoms with van der Waals surface area (Å²) in [5, 5.41) is 0. The van der Waals surface area contributed by atoms with Gasteiger partial charge in [0, 0.05) is 13.3 Å². The van der Waals surface area contributed by atoms with E-state index in [1.807, 2.05) is 12.2 Å². The summed E-state index contributed by atoms with van der Waals surface area (Å²) in [6.45, 7) is 6.41. The van der Waals surface area contributed by atoms with E-state index in [1.54, 1.807) is 0 Å². The molecule has 0 saturated carbocycles. The third-order valence-electron chi connectivity index (χ3n) is 5.97. The fourth-order valence-electron chi connectivity index (χ4n) is 3.70. The zero-order chi connectivity index (χ0) is 27.5. The van der Waals surface area contributed by atoms with Gasteiger partial charge in [0.2, 0.25) is 0 Å². The maximum Gasteiger partial charge on any atom is 0.302 e. The number of allylic oxidation sites excluding steroid dienone is 7. The lowest BCUT2D eigenvalue weighted by atomic mass is 10.1. The van der Waals surface area contributed by atoms with Crippen LogP contribution in [0.2, 0.25) is 0 Å². The number of rotatable bonds is 25. The van der Waals surface area contributed by atoms with Crippen molar-refractivity contribution in [2.24, 2.45) is 0 Å². The first-order valence-corrected chi connectivity index (χ1v) is 15.4. The summed E-state index contributed by atoms with van der Waals surface area (Å²) in [7, 11) is 0. The van der Waals surface area contributed by atoms with Crippen molar-refractivity contribution in [3.8, 4) is 0 Å². The van der Waals surface area contributed by atoms with Crippen LogP contribution in [0, 0.1) is 0 Å². The summed E-state index contributed by atoms with van der Waals surface area (Å²) >= 11 is 0. The summed E-state index contributed by atoms with van der Waals surface area (Å²) in [6.07, 6.45) is 43.0. The van der Waals surface area contributed by atoms with Crippen LogP contribution in [0.25, 0.3) is 0 Å². The molecule has 0 saturated heterocycles. The minimum absolute atomic E-state index is 0.206. The van der Waals surface area contributed by atoms with Gasteiger partial charge in [-0.2, -0.15) is 0 Å². The van der Waals surface area contributed by atoms with Crippen molar-refractivity contribution in [3.05, 3.63) is 48.6 Å². The zero-order valence-electron chi connectivity index (χ0n) is 24.8. The van der Waals surface area contributed by atoms with Crippen LogP contribution in [0.1, 0.15) is 149 Å². The molecule has 3 heteroatoms. The average molecular weight is 517 g/mol. The van der Waals surface area contributed by atoms with Crippen LogP contribution in [-0.2, 0) is 14.3 Å². The molecule has 0 aromatic carbocycles. The maximum absolute atomic E-state index is 10.5. The van der Waals surface area contributed by atoms with Crippen LogP contribution in [0.3, 0.4) is 0 Å². The van der Waals surface area contributed by atoms with E-state index in [-0.39, 0.29) is 5.97 Å². The number of hydrogen-bond donors (Lipinski definition) is 0. The topological polar surface area (TPSA) is 43.4 Å². The first kappa shape index (κ1) is 37.3. The van der Waals surface area contributed by atoms with Crippen molar-refractivity contribution >= 4 is 12.3 Å². The SMILES string of the molecule is CCCCC/C=C\C/C=C\CCCCCCCC=O.CCCCCCCC/C=C/C=C\CCOC(C)=O. The van der Waals surface area contributed by atoms with Crippen molar-refractivity contribution in [3.63, 3.8) is 0 Å². The highest BCUT2D eigenvalue weighted by molar-refractivity contribution is 5.65. The zero-order valence-corrected chi connectivity index (χ0v) is 24.8. The van der Waals surface area contributed by atoms with Crippen molar-refractivity contribution in [2.75, 3.05) is 6.61 Å². The van der Waals surface area contributed by atoms with Gasteiger partial charge in [-0.15, -0.1) is 0 Å². The lowest BCUT2D eigenvalue weighted by Gasteiger charge is -1.97. The minimum Gasteiger partial charge on any atom is -0.466 e. The highest BCUT2D eigenvalue weighted by Crippen LogP contribution is 2.08. The Morgan fingerprint density at radius 1 is 0.541 bits per heavy atom. The maximum atomic E-state index is 10.5. The molecule has 0 bridgehead atoms. The Bertz CT molecular complexity index is 572. The Balaban J connectivity index is 0. The number of aldehydes is 1. The number of carbonyl (C=O) groups is 2. The molecule has 214 valence electrons. The number of esters is 1. The summed E-state index contributed by atoms with van der Waals surface area (Å²) < 4.78 is 4.82. The van der Waals surface area contributed by atoms with Crippen molar-refractivity contribution in [1.29, 1.82) is 0 Å². The molecule has 3 nitrogen and oxygen atoms in total. The molecule has 0 atom stereocenters. The molecular formula is C34H60O3. The van der Waals surface area contributed by atoms with Gasteiger partial charge in [0.15, 0.2) is 0 Å². The standard InChI is InChI=1S/C18H32O.C16H28O2/c1-2-3-4-5-6-7-8-9-10-11-12-13-14-15-16-17-18-19;1-3-4-5-6-7-8-9-10-11-12-13-14-15-18-16(2)17/h6-7,9-10,18H,2-5,8,11-17H2,1H3;10-13H,3-9,14-15H2,1-2H3/b7-6-,10-9-;11-10+,13-12-.